The fraction of sp³-hybridized carbons (Fsp3) is 0.250. The number of hydrogen-bond acceptors (Lipinski definition) is 6. The van der Waals surface area contributed by atoms with Crippen LogP contribution >= 0.6 is 0 Å². The fourth-order valence-electron chi connectivity index (χ4n) is 4.36. The van der Waals surface area contributed by atoms with Gasteiger partial charge in [0, 0.05) is 19.1 Å². The van der Waals surface area contributed by atoms with Gasteiger partial charge in [-0.15, -0.1) is 0 Å². The van der Waals surface area contributed by atoms with E-state index in [0.717, 1.165) is 11.1 Å². The van der Waals surface area contributed by atoms with Gasteiger partial charge in [0.2, 0.25) is 5.95 Å². The Kier molecular flexibility index (Phi) is 5.08. The van der Waals surface area contributed by atoms with Crippen molar-refractivity contribution in [2.24, 2.45) is 4.99 Å². The van der Waals surface area contributed by atoms with E-state index in [4.69, 9.17) is 4.99 Å². The van der Waals surface area contributed by atoms with Crippen LogP contribution in [0.1, 0.15) is 42.5 Å². The van der Waals surface area contributed by atoms with Gasteiger partial charge in [0.15, 0.2) is 5.78 Å². The van der Waals surface area contributed by atoms with Gasteiger partial charge in [-0.05, 0) is 17.5 Å². The van der Waals surface area contributed by atoms with Gasteiger partial charge in [-0.3, -0.25) is 9.79 Å². The maximum Gasteiger partial charge on any atom is 0.222 e. The van der Waals surface area contributed by atoms with Crippen LogP contribution in [0.4, 0.5) is 5.95 Å². The molecule has 2 heterocycles. The first-order chi connectivity index (χ1) is 15.2. The number of nitrogens with zero attached hydrogens (tertiary/aromatic N) is 4. The normalized spacial score (nSPS) is 23.6. The molecule has 3 aromatic rings. The van der Waals surface area contributed by atoms with E-state index in [2.05, 4.69) is 39.7 Å². The number of rotatable bonds is 4. The summed E-state index contributed by atoms with van der Waals surface area (Å²) >= 11 is 0. The molecule has 0 spiro atoms. The quantitative estimate of drug-likeness (QED) is 0.630. The van der Waals surface area contributed by atoms with Crippen LogP contribution in [-0.4, -0.2) is 37.9 Å². The minimum atomic E-state index is -0.311. The number of nitrogens with one attached hydrogen (secondary N) is 1. The van der Waals surface area contributed by atoms with E-state index in [-0.39, 0.29) is 29.7 Å². The van der Waals surface area contributed by atoms with Crippen molar-refractivity contribution in [2.45, 2.75) is 37.4 Å². The lowest BCUT2D eigenvalue weighted by molar-refractivity contribution is -0.115. The topological polar surface area (TPSA) is 92.4 Å². The zero-order chi connectivity index (χ0) is 21.2. The van der Waals surface area contributed by atoms with Crippen molar-refractivity contribution in [3.63, 3.8) is 0 Å². The molecule has 0 unspecified atom stereocenters. The average Bonchev–Trinajstić information content (AvgIpc) is 3.27. The molecule has 1 aliphatic heterocycles. The molecular formula is C24H23N5O2. The Morgan fingerprint density at radius 1 is 1.03 bits per heavy atom. The molecule has 0 radical (unpaired) electrons. The van der Waals surface area contributed by atoms with Gasteiger partial charge in [0.1, 0.15) is 24.2 Å². The van der Waals surface area contributed by atoms with Crippen molar-refractivity contribution in [1.82, 2.24) is 14.8 Å². The van der Waals surface area contributed by atoms with Crippen LogP contribution in [0, 0.1) is 0 Å². The molecule has 1 aliphatic carbocycles. The highest BCUT2D eigenvalue weighted by Gasteiger charge is 2.39. The molecule has 0 bridgehead atoms. The van der Waals surface area contributed by atoms with Crippen molar-refractivity contribution in [1.29, 1.82) is 0 Å². The van der Waals surface area contributed by atoms with Crippen molar-refractivity contribution < 1.29 is 9.90 Å². The first-order valence-electron chi connectivity index (χ1n) is 10.5. The van der Waals surface area contributed by atoms with Gasteiger partial charge >= 0.3 is 0 Å². The third-order valence-corrected chi connectivity index (χ3v) is 5.89. The van der Waals surface area contributed by atoms with E-state index in [0.29, 0.717) is 30.8 Å². The SMILES string of the molecule is O=C1CCCC(O)=C1C=N[C@@H]1[C@H](c2ccccc2)Nc2ncnn2[C@H]1c1ccccc1. The summed E-state index contributed by atoms with van der Waals surface area (Å²) in [7, 11) is 0. The molecule has 0 fully saturated rings. The summed E-state index contributed by atoms with van der Waals surface area (Å²) < 4.78 is 1.84. The Morgan fingerprint density at radius 3 is 2.45 bits per heavy atom. The third-order valence-electron chi connectivity index (χ3n) is 5.89. The number of carbonyl (C=O) groups excluding carboxylic acids is 1. The number of carbonyl (C=O) groups is 1. The van der Waals surface area contributed by atoms with Crippen molar-refractivity contribution in [2.75, 3.05) is 5.32 Å². The Bertz CT molecular complexity index is 1140. The van der Waals surface area contributed by atoms with Crippen LogP contribution in [-0.2, 0) is 4.79 Å². The predicted molar refractivity (Wildman–Crippen MR) is 118 cm³/mol. The van der Waals surface area contributed by atoms with Crippen LogP contribution in [0.3, 0.4) is 0 Å². The van der Waals surface area contributed by atoms with Crippen molar-refractivity contribution in [3.05, 3.63) is 89.5 Å². The second-order valence-corrected chi connectivity index (χ2v) is 7.82. The molecule has 31 heavy (non-hydrogen) atoms. The van der Waals surface area contributed by atoms with E-state index >= 15 is 0 Å². The first-order valence-corrected chi connectivity index (χ1v) is 10.5. The minimum absolute atomic E-state index is 0.0646. The predicted octanol–water partition coefficient (Wildman–Crippen LogP) is 4.04. The number of aliphatic hydroxyl groups excluding tert-OH is 1. The molecular weight excluding hydrogens is 390 g/mol. The Morgan fingerprint density at radius 2 is 1.74 bits per heavy atom. The lowest BCUT2D eigenvalue weighted by atomic mass is 9.88. The highest BCUT2D eigenvalue weighted by Crippen LogP contribution is 2.39. The average molecular weight is 413 g/mol. The van der Waals surface area contributed by atoms with Gasteiger partial charge in [-0.25, -0.2) is 4.68 Å². The number of allylic oxidation sites excluding steroid dienone is 2. The largest absolute Gasteiger partial charge is 0.512 e. The summed E-state index contributed by atoms with van der Waals surface area (Å²) in [5.74, 6) is 0.730. The molecule has 0 saturated heterocycles. The molecule has 2 N–H and O–H groups in total. The van der Waals surface area contributed by atoms with Crippen LogP contribution in [0.15, 0.2) is 83.3 Å². The monoisotopic (exact) mass is 413 g/mol. The van der Waals surface area contributed by atoms with E-state index in [1.54, 1.807) is 6.21 Å². The smallest absolute Gasteiger partial charge is 0.222 e. The molecule has 0 amide bonds. The number of Topliss-reactive ketones (excluding diaryl/α,β-unsaturated/α-hetero) is 1. The maximum atomic E-state index is 12.4. The highest BCUT2D eigenvalue weighted by atomic mass is 16.3. The second-order valence-electron chi connectivity index (χ2n) is 7.82. The van der Waals surface area contributed by atoms with Gasteiger partial charge in [0.25, 0.3) is 0 Å². The number of hydrogen-bond donors (Lipinski definition) is 2. The van der Waals surface area contributed by atoms with E-state index in [1.165, 1.54) is 6.33 Å². The fourth-order valence-corrected chi connectivity index (χ4v) is 4.36. The number of aromatic nitrogens is 3. The van der Waals surface area contributed by atoms with Crippen LogP contribution in [0.2, 0.25) is 0 Å². The van der Waals surface area contributed by atoms with E-state index in [1.807, 2.05) is 41.1 Å². The molecule has 1 aromatic heterocycles. The van der Waals surface area contributed by atoms with Crippen molar-refractivity contribution in [3.8, 4) is 0 Å². The summed E-state index contributed by atoms with van der Waals surface area (Å²) in [6.07, 6.45) is 4.70. The maximum absolute atomic E-state index is 12.4. The standard InChI is InChI=1S/C24H23N5O2/c30-19-12-7-13-20(31)18(19)14-25-22-21(16-8-3-1-4-9-16)28-24-26-15-27-29(24)23(22)17-10-5-2-6-11-17/h1-6,8-11,14-15,21-23,30H,7,12-13H2,(H,26,27,28)/t21-,22+,23-/m0/s1. The molecule has 7 heteroatoms. The molecule has 2 aromatic carbocycles. The van der Waals surface area contributed by atoms with E-state index in [9.17, 15) is 9.90 Å². The van der Waals surface area contributed by atoms with Crippen molar-refractivity contribution >= 4 is 17.9 Å². The Balaban J connectivity index is 1.63. The van der Waals surface area contributed by atoms with E-state index < -0.39 is 0 Å². The molecule has 2 aliphatic rings. The summed E-state index contributed by atoms with van der Waals surface area (Å²) in [6.45, 7) is 0. The highest BCUT2D eigenvalue weighted by molar-refractivity contribution is 6.14. The third kappa shape index (κ3) is 3.63. The van der Waals surface area contributed by atoms with Crippen LogP contribution < -0.4 is 5.32 Å². The van der Waals surface area contributed by atoms with Gasteiger partial charge in [-0.1, -0.05) is 60.7 Å². The number of ketones is 1. The number of fused-ring (bicyclic) bond motifs is 1. The Hall–Kier alpha value is -3.74. The number of aliphatic imine (C=N–C) groups is 1. The Labute approximate surface area is 180 Å². The lowest BCUT2D eigenvalue weighted by Crippen LogP contribution is -2.40. The zero-order valence-electron chi connectivity index (χ0n) is 16.9. The summed E-state index contributed by atoms with van der Waals surface area (Å²) in [5, 5.41) is 18.2. The lowest BCUT2D eigenvalue weighted by Gasteiger charge is -2.37. The molecule has 3 atom stereocenters. The van der Waals surface area contributed by atoms with Gasteiger partial charge in [-0.2, -0.15) is 10.1 Å². The second kappa shape index (κ2) is 8.18. The zero-order valence-corrected chi connectivity index (χ0v) is 16.9. The minimum Gasteiger partial charge on any atom is -0.512 e. The number of benzene rings is 2. The molecule has 7 nitrogen and oxygen atoms in total. The summed E-state index contributed by atoms with van der Waals surface area (Å²) in [4.78, 5) is 21.7. The molecule has 5 rings (SSSR count). The number of anilines is 1. The van der Waals surface area contributed by atoms with Crippen LogP contribution in [0.5, 0.6) is 0 Å². The summed E-state index contributed by atoms with van der Waals surface area (Å²) in [6, 6.07) is 19.4. The van der Waals surface area contributed by atoms with Crippen LogP contribution in [0.25, 0.3) is 0 Å². The summed E-state index contributed by atoms with van der Waals surface area (Å²) in [5.41, 5.74) is 2.43. The molecule has 0 saturated carbocycles. The number of aliphatic hydroxyl groups is 1. The van der Waals surface area contributed by atoms with Gasteiger partial charge < -0.3 is 10.4 Å². The first kappa shape index (κ1) is 19.2. The van der Waals surface area contributed by atoms with Gasteiger partial charge in [0.05, 0.1) is 11.6 Å². The molecule has 156 valence electrons.